The van der Waals surface area contributed by atoms with Gasteiger partial charge in [-0.1, -0.05) is 20.4 Å². The summed E-state index contributed by atoms with van der Waals surface area (Å²) in [4.78, 5) is 21.1. The largest absolute Gasteiger partial charge is 0.293 e. The topological polar surface area (TPSA) is 58.1 Å². The van der Waals surface area contributed by atoms with Gasteiger partial charge in [0.2, 0.25) is 0 Å². The Morgan fingerprint density at radius 2 is 1.95 bits per heavy atom. The fourth-order valence-electron chi connectivity index (χ4n) is 2.34. The summed E-state index contributed by atoms with van der Waals surface area (Å²) in [6.07, 6.45) is 1.81. The maximum atomic E-state index is 12.5. The Morgan fingerprint density at radius 3 is 2.50 bits per heavy atom. The molecule has 20 heavy (non-hydrogen) atoms. The van der Waals surface area contributed by atoms with Gasteiger partial charge in [0.05, 0.1) is 5.92 Å². The first-order valence-electron chi connectivity index (χ1n) is 7.00. The lowest BCUT2D eigenvalue weighted by Gasteiger charge is -2.15. The number of rotatable bonds is 4. The Kier molecular flexibility index (Phi) is 4.06. The molecule has 5 heteroatoms. The van der Waals surface area contributed by atoms with E-state index in [9.17, 15) is 4.79 Å². The predicted molar refractivity (Wildman–Crippen MR) is 78.8 cm³/mol. The lowest BCUT2D eigenvalue weighted by atomic mass is 9.96. The van der Waals surface area contributed by atoms with Crippen LogP contribution in [0.4, 0.5) is 5.95 Å². The molecule has 1 aliphatic heterocycles. The number of nitrogens with zero attached hydrogens (tertiary/aromatic N) is 3. The SMILES string of the molecule is C=C1NN(c2nc(C)cc(C)n2)C(=O)[C@@H]1CCC(C)C. The highest BCUT2D eigenvalue weighted by Crippen LogP contribution is 2.27. The molecule has 0 bridgehead atoms. The summed E-state index contributed by atoms with van der Waals surface area (Å²) < 4.78 is 0. The molecule has 1 aromatic heterocycles. The Labute approximate surface area is 120 Å². The minimum Gasteiger partial charge on any atom is -0.293 e. The van der Waals surface area contributed by atoms with E-state index in [-0.39, 0.29) is 11.8 Å². The summed E-state index contributed by atoms with van der Waals surface area (Å²) in [6.45, 7) is 12.0. The highest BCUT2D eigenvalue weighted by atomic mass is 16.2. The van der Waals surface area contributed by atoms with Crippen LogP contribution in [0, 0.1) is 25.7 Å². The van der Waals surface area contributed by atoms with E-state index < -0.39 is 0 Å². The second kappa shape index (κ2) is 5.61. The first-order chi connectivity index (χ1) is 9.38. The van der Waals surface area contributed by atoms with E-state index in [0.717, 1.165) is 29.9 Å². The molecule has 2 heterocycles. The number of hydrazine groups is 1. The lowest BCUT2D eigenvalue weighted by molar-refractivity contribution is -0.120. The van der Waals surface area contributed by atoms with Crippen LogP contribution in [-0.4, -0.2) is 15.9 Å². The van der Waals surface area contributed by atoms with Gasteiger partial charge in [0.1, 0.15) is 0 Å². The van der Waals surface area contributed by atoms with Gasteiger partial charge in [-0.2, -0.15) is 5.01 Å². The molecule has 1 N–H and O–H groups in total. The Balaban J connectivity index is 2.18. The maximum Gasteiger partial charge on any atom is 0.257 e. The first-order valence-corrected chi connectivity index (χ1v) is 7.00. The third-order valence-corrected chi connectivity index (χ3v) is 3.40. The molecule has 1 saturated heterocycles. The van der Waals surface area contributed by atoms with Crippen molar-refractivity contribution >= 4 is 11.9 Å². The van der Waals surface area contributed by atoms with E-state index in [1.807, 2.05) is 19.9 Å². The molecule has 1 aliphatic rings. The summed E-state index contributed by atoms with van der Waals surface area (Å²) >= 11 is 0. The van der Waals surface area contributed by atoms with Crippen molar-refractivity contribution in [3.8, 4) is 0 Å². The van der Waals surface area contributed by atoms with Gasteiger partial charge >= 0.3 is 0 Å². The Hall–Kier alpha value is -1.91. The second-order valence-electron chi connectivity index (χ2n) is 5.79. The van der Waals surface area contributed by atoms with Crippen molar-refractivity contribution < 1.29 is 4.79 Å². The van der Waals surface area contributed by atoms with Crippen molar-refractivity contribution in [1.29, 1.82) is 0 Å². The molecule has 0 unspecified atom stereocenters. The van der Waals surface area contributed by atoms with Crippen molar-refractivity contribution in [2.45, 2.75) is 40.5 Å². The number of aryl methyl sites for hydroxylation is 2. The highest BCUT2D eigenvalue weighted by molar-refractivity contribution is 5.97. The van der Waals surface area contributed by atoms with Crippen molar-refractivity contribution in [2.75, 3.05) is 5.01 Å². The van der Waals surface area contributed by atoms with Gasteiger partial charge in [-0.05, 0) is 38.7 Å². The van der Waals surface area contributed by atoms with Crippen LogP contribution in [-0.2, 0) is 4.79 Å². The quantitative estimate of drug-likeness (QED) is 0.916. The molecule has 5 nitrogen and oxygen atoms in total. The molecular formula is C15H22N4O. The number of carbonyl (C=O) groups excluding carboxylic acids is 1. The molecular weight excluding hydrogens is 252 g/mol. The van der Waals surface area contributed by atoms with Gasteiger partial charge in [-0.15, -0.1) is 0 Å². The normalized spacial score (nSPS) is 18.9. The molecule has 2 rings (SSSR count). The number of hydrogen-bond donors (Lipinski definition) is 1. The molecule has 0 aromatic carbocycles. The average Bonchev–Trinajstić information content (AvgIpc) is 2.61. The van der Waals surface area contributed by atoms with Crippen molar-refractivity contribution in [3.05, 3.63) is 29.7 Å². The van der Waals surface area contributed by atoms with Gasteiger partial charge in [0.25, 0.3) is 11.9 Å². The summed E-state index contributed by atoms with van der Waals surface area (Å²) in [5, 5.41) is 1.42. The fourth-order valence-corrected chi connectivity index (χ4v) is 2.34. The number of carbonyl (C=O) groups is 1. The summed E-state index contributed by atoms with van der Waals surface area (Å²) in [6, 6.07) is 1.88. The second-order valence-corrected chi connectivity index (χ2v) is 5.79. The molecule has 0 aliphatic carbocycles. The van der Waals surface area contributed by atoms with Crippen LogP contribution >= 0.6 is 0 Å². The third-order valence-electron chi connectivity index (χ3n) is 3.40. The smallest absolute Gasteiger partial charge is 0.257 e. The van der Waals surface area contributed by atoms with Crippen molar-refractivity contribution in [1.82, 2.24) is 15.4 Å². The molecule has 0 spiro atoms. The van der Waals surface area contributed by atoms with Crippen LogP contribution < -0.4 is 10.4 Å². The third kappa shape index (κ3) is 2.98. The zero-order valence-electron chi connectivity index (χ0n) is 12.6. The number of amides is 1. The standard InChI is InChI=1S/C15H22N4O/c1-9(2)6-7-13-12(5)18-19(14(13)20)15-16-10(3)8-11(4)17-15/h8-9,13,18H,5-7H2,1-4H3/t13-/m1/s1. The van der Waals surface area contributed by atoms with E-state index >= 15 is 0 Å². The summed E-state index contributed by atoms with van der Waals surface area (Å²) in [7, 11) is 0. The molecule has 1 aromatic rings. The molecule has 1 amide bonds. The minimum atomic E-state index is -0.179. The van der Waals surface area contributed by atoms with E-state index in [2.05, 4.69) is 35.8 Å². The zero-order valence-corrected chi connectivity index (χ0v) is 12.6. The van der Waals surface area contributed by atoms with Gasteiger partial charge < -0.3 is 0 Å². The van der Waals surface area contributed by atoms with Crippen LogP contribution in [0.25, 0.3) is 0 Å². The highest BCUT2D eigenvalue weighted by Gasteiger charge is 2.36. The predicted octanol–water partition coefficient (Wildman–Crippen LogP) is 2.51. The number of anilines is 1. The minimum absolute atomic E-state index is 0.0133. The van der Waals surface area contributed by atoms with Gasteiger partial charge in [-0.25, -0.2) is 9.97 Å². The number of hydrogen-bond acceptors (Lipinski definition) is 4. The average molecular weight is 274 g/mol. The Morgan fingerprint density at radius 1 is 1.35 bits per heavy atom. The van der Waals surface area contributed by atoms with E-state index in [1.165, 1.54) is 5.01 Å². The van der Waals surface area contributed by atoms with Crippen molar-refractivity contribution in [2.24, 2.45) is 11.8 Å². The van der Waals surface area contributed by atoms with E-state index in [1.54, 1.807) is 0 Å². The lowest BCUT2D eigenvalue weighted by Crippen LogP contribution is -2.36. The fraction of sp³-hybridized carbons (Fsp3) is 0.533. The van der Waals surface area contributed by atoms with Gasteiger partial charge in [0, 0.05) is 17.1 Å². The van der Waals surface area contributed by atoms with Crippen LogP contribution in [0.3, 0.4) is 0 Å². The van der Waals surface area contributed by atoms with E-state index in [0.29, 0.717) is 11.9 Å². The van der Waals surface area contributed by atoms with Crippen LogP contribution in [0.15, 0.2) is 18.3 Å². The molecule has 0 saturated carbocycles. The maximum absolute atomic E-state index is 12.5. The van der Waals surface area contributed by atoms with Crippen LogP contribution in [0.2, 0.25) is 0 Å². The molecule has 0 radical (unpaired) electrons. The molecule has 1 atom stereocenters. The summed E-state index contributed by atoms with van der Waals surface area (Å²) in [5.41, 5.74) is 5.44. The van der Waals surface area contributed by atoms with E-state index in [4.69, 9.17) is 0 Å². The monoisotopic (exact) mass is 274 g/mol. The van der Waals surface area contributed by atoms with Gasteiger partial charge in [-0.3, -0.25) is 10.2 Å². The zero-order chi connectivity index (χ0) is 14.9. The van der Waals surface area contributed by atoms with Gasteiger partial charge in [0.15, 0.2) is 0 Å². The number of aromatic nitrogens is 2. The molecule has 108 valence electrons. The van der Waals surface area contributed by atoms with Crippen molar-refractivity contribution in [3.63, 3.8) is 0 Å². The Bertz CT molecular complexity index is 518. The first kappa shape index (κ1) is 14.5. The number of nitrogens with one attached hydrogen (secondary N) is 1. The molecule has 1 fully saturated rings. The van der Waals surface area contributed by atoms with Crippen LogP contribution in [0.1, 0.15) is 38.1 Å². The van der Waals surface area contributed by atoms with Crippen LogP contribution in [0.5, 0.6) is 0 Å². The summed E-state index contributed by atoms with van der Waals surface area (Å²) in [5.74, 6) is 0.783.